The van der Waals surface area contributed by atoms with Crippen molar-refractivity contribution in [1.82, 2.24) is 5.43 Å². The smallest absolute Gasteiger partial charge is 0.187 e. The molecule has 0 fully saturated rings. The van der Waals surface area contributed by atoms with Crippen LogP contribution < -0.4 is 5.43 Å². The van der Waals surface area contributed by atoms with Gasteiger partial charge in [0.05, 0.1) is 12.3 Å². The Morgan fingerprint density at radius 2 is 2.38 bits per heavy atom. The third kappa shape index (κ3) is 1.52. The molecule has 1 aliphatic heterocycles. The van der Waals surface area contributed by atoms with E-state index in [1.54, 1.807) is 6.07 Å². The maximum Gasteiger partial charge on any atom is 0.187 e. The number of benzene rings is 1. The first-order valence-corrected chi connectivity index (χ1v) is 4.17. The van der Waals surface area contributed by atoms with Crippen molar-refractivity contribution in [2.75, 3.05) is 6.54 Å². The van der Waals surface area contributed by atoms with Crippen molar-refractivity contribution in [1.29, 1.82) is 0 Å². The van der Waals surface area contributed by atoms with Crippen molar-refractivity contribution in [3.05, 3.63) is 41.2 Å². The summed E-state index contributed by atoms with van der Waals surface area (Å²) in [5.74, 6) is 0. The quantitative estimate of drug-likeness (QED) is 0.643. The van der Waals surface area contributed by atoms with E-state index < -0.39 is 0 Å². The minimum absolute atomic E-state index is 0.673. The molecular weight excluding hydrogens is 162 g/mol. The van der Waals surface area contributed by atoms with Gasteiger partial charge in [0.25, 0.3) is 0 Å². The maximum atomic E-state index is 6.88. The summed E-state index contributed by atoms with van der Waals surface area (Å²) in [7, 11) is 0. The first kappa shape index (κ1) is 7.81. The monoisotopic (exact) mass is 171 g/mol. The van der Waals surface area contributed by atoms with Crippen molar-refractivity contribution >= 4 is 11.4 Å². The molecule has 2 rings (SSSR count). The number of nitrogens with one attached hydrogen (secondary N) is 1. The van der Waals surface area contributed by atoms with Gasteiger partial charge in [-0.15, -0.1) is 0 Å². The van der Waals surface area contributed by atoms with Gasteiger partial charge < -0.3 is 5.43 Å². The molecule has 0 aliphatic carbocycles. The van der Waals surface area contributed by atoms with Crippen molar-refractivity contribution < 1.29 is 0 Å². The molecule has 0 radical (unpaired) electrons. The lowest BCUT2D eigenvalue weighted by molar-refractivity contribution is 0.813. The Balaban J connectivity index is 2.36. The lowest BCUT2D eigenvalue weighted by Gasteiger charge is -1.98. The van der Waals surface area contributed by atoms with Gasteiger partial charge in [-0.05, 0) is 11.6 Å². The van der Waals surface area contributed by atoms with E-state index in [4.69, 9.17) is 6.57 Å². The van der Waals surface area contributed by atoms with Crippen LogP contribution in [-0.2, 0) is 0 Å². The standard InChI is InChI=1S/C10H9N3/c1-11-9-4-2-3-8(7-9)10-5-6-12-13-10/h2-4,7,12H,5-6H2. The summed E-state index contributed by atoms with van der Waals surface area (Å²) in [5, 5.41) is 4.15. The summed E-state index contributed by atoms with van der Waals surface area (Å²) in [6, 6.07) is 7.56. The van der Waals surface area contributed by atoms with Crippen LogP contribution in [0.2, 0.25) is 0 Å². The molecule has 64 valence electrons. The van der Waals surface area contributed by atoms with Crippen LogP contribution in [0.25, 0.3) is 4.85 Å². The number of hydrazone groups is 1. The van der Waals surface area contributed by atoms with E-state index in [0.29, 0.717) is 5.69 Å². The summed E-state index contributed by atoms with van der Waals surface area (Å²) in [6.07, 6.45) is 0.946. The second kappa shape index (κ2) is 3.28. The fourth-order valence-electron chi connectivity index (χ4n) is 1.35. The summed E-state index contributed by atoms with van der Waals surface area (Å²) in [5.41, 5.74) is 5.69. The van der Waals surface area contributed by atoms with Crippen molar-refractivity contribution in [3.63, 3.8) is 0 Å². The molecule has 3 nitrogen and oxygen atoms in total. The van der Waals surface area contributed by atoms with Gasteiger partial charge in [-0.25, -0.2) is 4.85 Å². The Labute approximate surface area is 76.9 Å². The average molecular weight is 171 g/mol. The van der Waals surface area contributed by atoms with Crippen LogP contribution in [0, 0.1) is 6.57 Å². The van der Waals surface area contributed by atoms with Gasteiger partial charge in [-0.1, -0.05) is 18.2 Å². The van der Waals surface area contributed by atoms with E-state index >= 15 is 0 Å². The minimum Gasteiger partial charge on any atom is -0.309 e. The molecule has 0 unspecified atom stereocenters. The Kier molecular flexibility index (Phi) is 1.97. The zero-order valence-corrected chi connectivity index (χ0v) is 7.12. The van der Waals surface area contributed by atoms with Crippen LogP contribution >= 0.6 is 0 Å². The number of nitrogens with zero attached hydrogens (tertiary/aromatic N) is 2. The molecule has 3 heteroatoms. The predicted octanol–water partition coefficient (Wildman–Crippen LogP) is 1.93. The van der Waals surface area contributed by atoms with Gasteiger partial charge in [-0.2, -0.15) is 5.10 Å². The summed E-state index contributed by atoms with van der Waals surface area (Å²) in [6.45, 7) is 7.78. The highest BCUT2D eigenvalue weighted by molar-refractivity contribution is 6.02. The van der Waals surface area contributed by atoms with Crippen molar-refractivity contribution in [2.24, 2.45) is 5.10 Å². The van der Waals surface area contributed by atoms with Gasteiger partial charge in [0.1, 0.15) is 0 Å². The summed E-state index contributed by atoms with van der Waals surface area (Å²) in [4.78, 5) is 3.38. The van der Waals surface area contributed by atoms with E-state index in [2.05, 4.69) is 15.4 Å². The maximum absolute atomic E-state index is 6.88. The van der Waals surface area contributed by atoms with E-state index in [9.17, 15) is 0 Å². The fraction of sp³-hybridized carbons (Fsp3) is 0.200. The van der Waals surface area contributed by atoms with Gasteiger partial charge in [-0.3, -0.25) is 0 Å². The SMILES string of the molecule is [C-]#[N+]c1cccc(C2=NNCC2)c1. The molecule has 0 atom stereocenters. The summed E-state index contributed by atoms with van der Waals surface area (Å²) < 4.78 is 0. The molecule has 1 aromatic rings. The zero-order chi connectivity index (χ0) is 9.10. The van der Waals surface area contributed by atoms with E-state index in [1.807, 2.05) is 18.2 Å². The van der Waals surface area contributed by atoms with Crippen LogP contribution in [0.15, 0.2) is 29.4 Å². The Bertz CT molecular complexity index is 387. The predicted molar refractivity (Wildman–Crippen MR) is 51.9 cm³/mol. The minimum atomic E-state index is 0.673. The third-order valence-corrected chi connectivity index (χ3v) is 2.00. The third-order valence-electron chi connectivity index (χ3n) is 2.00. The van der Waals surface area contributed by atoms with Crippen LogP contribution in [0.5, 0.6) is 0 Å². The molecule has 1 heterocycles. The molecular formula is C10H9N3. The number of hydrogen-bond acceptors (Lipinski definition) is 2. The molecule has 1 N–H and O–H groups in total. The normalized spacial score (nSPS) is 14.5. The largest absolute Gasteiger partial charge is 0.309 e. The zero-order valence-electron chi connectivity index (χ0n) is 7.12. The second-order valence-electron chi connectivity index (χ2n) is 2.88. The van der Waals surface area contributed by atoms with Crippen LogP contribution in [0.3, 0.4) is 0 Å². The highest BCUT2D eigenvalue weighted by atomic mass is 15.3. The molecule has 1 aromatic carbocycles. The van der Waals surface area contributed by atoms with E-state index in [-0.39, 0.29) is 0 Å². The number of rotatable bonds is 1. The van der Waals surface area contributed by atoms with E-state index in [1.165, 1.54) is 0 Å². The molecule has 0 amide bonds. The average Bonchev–Trinajstić information content (AvgIpc) is 2.71. The number of hydrogen-bond donors (Lipinski definition) is 1. The van der Waals surface area contributed by atoms with Gasteiger partial charge >= 0.3 is 0 Å². The van der Waals surface area contributed by atoms with Gasteiger partial charge in [0.15, 0.2) is 5.69 Å². The Hall–Kier alpha value is -1.82. The Morgan fingerprint density at radius 1 is 1.46 bits per heavy atom. The van der Waals surface area contributed by atoms with Crippen LogP contribution in [-0.4, -0.2) is 12.3 Å². The fourth-order valence-corrected chi connectivity index (χ4v) is 1.35. The molecule has 13 heavy (non-hydrogen) atoms. The van der Waals surface area contributed by atoms with E-state index in [0.717, 1.165) is 24.2 Å². The Morgan fingerprint density at radius 3 is 3.08 bits per heavy atom. The summed E-state index contributed by atoms with van der Waals surface area (Å²) >= 11 is 0. The van der Waals surface area contributed by atoms with Crippen LogP contribution in [0.1, 0.15) is 12.0 Å². The van der Waals surface area contributed by atoms with Crippen LogP contribution in [0.4, 0.5) is 5.69 Å². The second-order valence-corrected chi connectivity index (χ2v) is 2.88. The molecule has 0 spiro atoms. The molecule has 0 bridgehead atoms. The molecule has 1 aliphatic rings. The van der Waals surface area contributed by atoms with Gasteiger partial charge in [0.2, 0.25) is 0 Å². The molecule has 0 aromatic heterocycles. The molecule has 0 saturated carbocycles. The highest BCUT2D eigenvalue weighted by Gasteiger charge is 2.08. The first-order chi connectivity index (χ1) is 6.40. The van der Waals surface area contributed by atoms with Gasteiger partial charge in [0, 0.05) is 13.0 Å². The van der Waals surface area contributed by atoms with Crippen molar-refractivity contribution in [3.8, 4) is 0 Å². The molecule has 0 saturated heterocycles. The topological polar surface area (TPSA) is 28.8 Å². The lowest BCUT2D eigenvalue weighted by atomic mass is 10.1. The first-order valence-electron chi connectivity index (χ1n) is 4.17. The highest BCUT2D eigenvalue weighted by Crippen LogP contribution is 2.16. The lowest BCUT2D eigenvalue weighted by Crippen LogP contribution is -1.97. The van der Waals surface area contributed by atoms with Crippen molar-refractivity contribution in [2.45, 2.75) is 6.42 Å².